The summed E-state index contributed by atoms with van der Waals surface area (Å²) < 4.78 is 6.19. The molecule has 154 valence electrons. The molecule has 0 bridgehead atoms. The van der Waals surface area contributed by atoms with Crippen molar-refractivity contribution in [3.63, 3.8) is 0 Å². The number of rotatable bonds is 2. The van der Waals surface area contributed by atoms with Crippen LogP contribution in [0.25, 0.3) is 0 Å². The van der Waals surface area contributed by atoms with Gasteiger partial charge in [-0.3, -0.25) is 14.5 Å². The lowest BCUT2D eigenvalue weighted by Gasteiger charge is -2.37. The van der Waals surface area contributed by atoms with Gasteiger partial charge in [-0.15, -0.1) is 0 Å². The van der Waals surface area contributed by atoms with Crippen LogP contribution in [0.5, 0.6) is 5.75 Å². The molecule has 30 heavy (non-hydrogen) atoms. The van der Waals surface area contributed by atoms with Crippen molar-refractivity contribution in [2.45, 2.75) is 45.3 Å². The lowest BCUT2D eigenvalue weighted by molar-refractivity contribution is -0.132. The number of carbonyl (C=O) groups is 2. The van der Waals surface area contributed by atoms with Gasteiger partial charge in [-0.25, -0.2) is 4.98 Å². The highest BCUT2D eigenvalue weighted by Crippen LogP contribution is 2.48. The van der Waals surface area contributed by atoms with Crippen LogP contribution < -0.4 is 4.90 Å². The monoisotopic (exact) mass is 404 g/mol. The van der Waals surface area contributed by atoms with E-state index in [1.165, 1.54) is 4.90 Å². The van der Waals surface area contributed by atoms with Gasteiger partial charge in [0, 0.05) is 5.69 Å². The van der Waals surface area contributed by atoms with Crippen LogP contribution in [0.15, 0.2) is 53.8 Å². The first-order chi connectivity index (χ1) is 14.4. The second-order valence-corrected chi connectivity index (χ2v) is 8.60. The Morgan fingerprint density at radius 2 is 1.93 bits per heavy atom. The zero-order chi connectivity index (χ0) is 21.0. The fourth-order valence-corrected chi connectivity index (χ4v) is 4.99. The SMILES string of the molecule is Cc1cccc(N2C(=O)C3=C(C(=O)C4CC(C)CCC4O3)C2c2cccc(O)c2)n1. The number of hydrogen-bond donors (Lipinski definition) is 1. The second kappa shape index (κ2) is 6.97. The number of Topliss-reactive ketones (excluding diaryl/α,β-unsaturated/α-hetero) is 1. The molecule has 2 aromatic rings. The number of anilines is 1. The van der Waals surface area contributed by atoms with E-state index >= 15 is 0 Å². The molecule has 5 rings (SSSR count). The van der Waals surface area contributed by atoms with Gasteiger partial charge < -0.3 is 9.84 Å². The molecule has 1 aromatic carbocycles. The van der Waals surface area contributed by atoms with Gasteiger partial charge in [-0.1, -0.05) is 25.1 Å². The van der Waals surface area contributed by atoms with Gasteiger partial charge in [0.25, 0.3) is 5.91 Å². The van der Waals surface area contributed by atoms with Crippen LogP contribution in [0.1, 0.15) is 43.5 Å². The number of pyridine rings is 1. The molecule has 1 amide bonds. The first-order valence-electron chi connectivity index (χ1n) is 10.4. The van der Waals surface area contributed by atoms with Crippen molar-refractivity contribution in [2.75, 3.05) is 4.90 Å². The van der Waals surface area contributed by atoms with Gasteiger partial charge in [0.1, 0.15) is 17.7 Å². The summed E-state index contributed by atoms with van der Waals surface area (Å²) >= 11 is 0. The maximum atomic E-state index is 13.6. The Kier molecular flexibility index (Phi) is 4.38. The number of phenolic OH excluding ortho intramolecular Hbond substituents is 1. The van der Waals surface area contributed by atoms with E-state index in [0.29, 0.717) is 22.9 Å². The average Bonchev–Trinajstić information content (AvgIpc) is 3.01. The van der Waals surface area contributed by atoms with Crippen LogP contribution in [0, 0.1) is 18.8 Å². The Bertz CT molecular complexity index is 1080. The number of hydrogen-bond acceptors (Lipinski definition) is 5. The number of ketones is 1. The van der Waals surface area contributed by atoms with Crippen LogP contribution in [0.3, 0.4) is 0 Å². The van der Waals surface area contributed by atoms with E-state index < -0.39 is 6.04 Å². The molecule has 0 radical (unpaired) electrons. The molecule has 0 saturated heterocycles. The molecule has 3 aliphatic rings. The number of phenols is 1. The number of aromatic hydroxyl groups is 1. The zero-order valence-corrected chi connectivity index (χ0v) is 17.0. The van der Waals surface area contributed by atoms with Crippen molar-refractivity contribution in [3.05, 3.63) is 65.1 Å². The summed E-state index contributed by atoms with van der Waals surface area (Å²) in [4.78, 5) is 33.2. The van der Waals surface area contributed by atoms with Gasteiger partial charge in [0.05, 0.1) is 17.5 Å². The maximum Gasteiger partial charge on any atom is 0.295 e. The number of aryl methyl sites for hydroxylation is 1. The molecule has 4 atom stereocenters. The smallest absolute Gasteiger partial charge is 0.295 e. The van der Waals surface area contributed by atoms with Crippen molar-refractivity contribution in [1.82, 2.24) is 4.98 Å². The molecular weight excluding hydrogens is 380 g/mol. The first kappa shape index (κ1) is 18.9. The van der Waals surface area contributed by atoms with Crippen molar-refractivity contribution < 1.29 is 19.4 Å². The topological polar surface area (TPSA) is 79.7 Å². The van der Waals surface area contributed by atoms with E-state index in [1.54, 1.807) is 24.3 Å². The van der Waals surface area contributed by atoms with E-state index in [2.05, 4.69) is 11.9 Å². The normalized spacial score (nSPS) is 28.3. The van der Waals surface area contributed by atoms with Crippen molar-refractivity contribution in [3.8, 4) is 5.75 Å². The molecule has 1 fully saturated rings. The summed E-state index contributed by atoms with van der Waals surface area (Å²) in [6, 6.07) is 11.5. The molecule has 2 aliphatic heterocycles. The standard InChI is InChI=1S/C24H24N2O4/c1-13-9-10-18-17(11-13)22(28)20-21(15-6-4-7-16(27)12-15)26(24(29)23(20)30-18)19-8-3-5-14(2)25-19/h3-8,12-13,17-18,21,27H,9-11H2,1-2H3. The zero-order valence-electron chi connectivity index (χ0n) is 17.0. The van der Waals surface area contributed by atoms with E-state index in [4.69, 9.17) is 4.74 Å². The first-order valence-corrected chi connectivity index (χ1v) is 10.4. The summed E-state index contributed by atoms with van der Waals surface area (Å²) in [5.41, 5.74) is 1.83. The molecule has 1 saturated carbocycles. The fraction of sp³-hybridized carbons (Fsp3) is 0.375. The van der Waals surface area contributed by atoms with Crippen LogP contribution >= 0.6 is 0 Å². The summed E-state index contributed by atoms with van der Waals surface area (Å²) in [5.74, 6) is 0.561. The number of benzene rings is 1. The number of ether oxygens (including phenoxy) is 1. The minimum Gasteiger partial charge on any atom is -0.508 e. The van der Waals surface area contributed by atoms with Crippen molar-refractivity contribution in [2.24, 2.45) is 11.8 Å². The van der Waals surface area contributed by atoms with E-state index in [1.807, 2.05) is 25.1 Å². The summed E-state index contributed by atoms with van der Waals surface area (Å²) in [6.45, 7) is 4.02. The maximum absolute atomic E-state index is 13.6. The third-order valence-corrected chi connectivity index (χ3v) is 6.42. The molecule has 6 heteroatoms. The van der Waals surface area contributed by atoms with Crippen molar-refractivity contribution in [1.29, 1.82) is 0 Å². The Morgan fingerprint density at radius 3 is 2.70 bits per heavy atom. The highest BCUT2D eigenvalue weighted by atomic mass is 16.5. The van der Waals surface area contributed by atoms with Gasteiger partial charge >= 0.3 is 0 Å². The average molecular weight is 404 g/mol. The summed E-state index contributed by atoms with van der Waals surface area (Å²) in [5, 5.41) is 10.1. The molecule has 4 unspecified atom stereocenters. The Balaban J connectivity index is 1.66. The van der Waals surface area contributed by atoms with Gasteiger partial charge in [-0.05, 0) is 61.9 Å². The summed E-state index contributed by atoms with van der Waals surface area (Å²) in [6.07, 6.45) is 2.29. The minimum atomic E-state index is -0.667. The Labute approximate surface area is 175 Å². The molecule has 1 aliphatic carbocycles. The fourth-order valence-electron chi connectivity index (χ4n) is 4.99. The van der Waals surface area contributed by atoms with Crippen LogP contribution in [0.4, 0.5) is 5.82 Å². The van der Waals surface area contributed by atoms with Crippen LogP contribution in [-0.2, 0) is 14.3 Å². The van der Waals surface area contributed by atoms with E-state index in [-0.39, 0.29) is 35.2 Å². The van der Waals surface area contributed by atoms with Crippen molar-refractivity contribution >= 4 is 17.5 Å². The molecule has 1 N–H and O–H groups in total. The quantitative estimate of drug-likeness (QED) is 0.823. The highest BCUT2D eigenvalue weighted by Gasteiger charge is 2.53. The molecule has 1 aromatic heterocycles. The van der Waals surface area contributed by atoms with E-state index in [9.17, 15) is 14.7 Å². The number of fused-ring (bicyclic) bond motifs is 1. The molecular formula is C24H24N2O4. The predicted octanol–water partition coefficient (Wildman–Crippen LogP) is 3.84. The number of aromatic nitrogens is 1. The lowest BCUT2D eigenvalue weighted by Crippen LogP contribution is -2.41. The molecule has 6 nitrogen and oxygen atoms in total. The molecule has 0 spiro atoms. The lowest BCUT2D eigenvalue weighted by atomic mass is 9.74. The van der Waals surface area contributed by atoms with E-state index in [0.717, 1.165) is 25.0 Å². The van der Waals surface area contributed by atoms with Gasteiger partial charge in [0.15, 0.2) is 11.5 Å². The number of nitrogens with zero attached hydrogens (tertiary/aromatic N) is 2. The number of carbonyl (C=O) groups excluding carboxylic acids is 2. The Morgan fingerprint density at radius 1 is 1.13 bits per heavy atom. The minimum absolute atomic E-state index is 0.00959. The predicted molar refractivity (Wildman–Crippen MR) is 111 cm³/mol. The van der Waals surface area contributed by atoms with Gasteiger partial charge in [0.2, 0.25) is 0 Å². The second-order valence-electron chi connectivity index (χ2n) is 8.60. The highest BCUT2D eigenvalue weighted by molar-refractivity contribution is 6.17. The largest absolute Gasteiger partial charge is 0.508 e. The third kappa shape index (κ3) is 2.90. The summed E-state index contributed by atoms with van der Waals surface area (Å²) in [7, 11) is 0. The van der Waals surface area contributed by atoms with Gasteiger partial charge in [-0.2, -0.15) is 0 Å². The van der Waals surface area contributed by atoms with Crippen LogP contribution in [0.2, 0.25) is 0 Å². The van der Waals surface area contributed by atoms with Crippen LogP contribution in [-0.4, -0.2) is 27.9 Å². The number of amides is 1. The Hall–Kier alpha value is -3.15. The third-order valence-electron chi connectivity index (χ3n) is 6.42. The molecule has 3 heterocycles.